The summed E-state index contributed by atoms with van der Waals surface area (Å²) in [5.41, 5.74) is 10.0. The van der Waals surface area contributed by atoms with Crippen LogP contribution in [0.3, 0.4) is 0 Å². The molecule has 0 aromatic heterocycles. The van der Waals surface area contributed by atoms with Crippen molar-refractivity contribution in [2.45, 2.75) is 38.8 Å². The van der Waals surface area contributed by atoms with E-state index in [1.54, 1.807) is 0 Å². The second-order valence-electron chi connectivity index (χ2n) is 5.27. The number of aryl methyl sites for hydroxylation is 2. The van der Waals surface area contributed by atoms with E-state index < -0.39 is 0 Å². The van der Waals surface area contributed by atoms with E-state index in [0.29, 0.717) is 12.1 Å². The average Bonchev–Trinajstić information content (AvgIpc) is 3.01. The second-order valence-corrected chi connectivity index (χ2v) is 5.27. The molecule has 1 aliphatic heterocycles. The van der Waals surface area contributed by atoms with Crippen molar-refractivity contribution < 1.29 is 0 Å². The number of aliphatic imine (C=N–C) groups is 1. The summed E-state index contributed by atoms with van der Waals surface area (Å²) in [5.74, 6) is 0.733. The quantitative estimate of drug-likeness (QED) is 0.844. The van der Waals surface area contributed by atoms with E-state index in [-0.39, 0.29) is 0 Å². The zero-order valence-corrected chi connectivity index (χ0v) is 10.5. The van der Waals surface area contributed by atoms with Crippen molar-refractivity contribution in [3.63, 3.8) is 0 Å². The van der Waals surface area contributed by atoms with E-state index >= 15 is 0 Å². The van der Waals surface area contributed by atoms with Crippen LogP contribution in [-0.2, 0) is 0 Å². The standard InChI is InChI=1S/C14H19N3/c1-9-5-10(2)7-11(6-9)13-8-16-14(15)17(13)12-3-4-12/h5-7,12-13H,3-4,8H2,1-2H3,(H2,15,16). The van der Waals surface area contributed by atoms with Crippen LogP contribution in [0.4, 0.5) is 0 Å². The van der Waals surface area contributed by atoms with Gasteiger partial charge in [0.15, 0.2) is 5.96 Å². The zero-order chi connectivity index (χ0) is 12.0. The molecule has 3 nitrogen and oxygen atoms in total. The maximum absolute atomic E-state index is 6.00. The monoisotopic (exact) mass is 229 g/mol. The van der Waals surface area contributed by atoms with E-state index in [1.165, 1.54) is 29.5 Å². The molecule has 0 bridgehead atoms. The Hall–Kier alpha value is -1.51. The third-order valence-corrected chi connectivity index (χ3v) is 3.60. The minimum Gasteiger partial charge on any atom is -0.370 e. The molecule has 17 heavy (non-hydrogen) atoms. The van der Waals surface area contributed by atoms with E-state index in [0.717, 1.165) is 12.5 Å². The van der Waals surface area contributed by atoms with Crippen LogP contribution in [0.15, 0.2) is 23.2 Å². The van der Waals surface area contributed by atoms with E-state index in [9.17, 15) is 0 Å². The molecule has 2 aliphatic rings. The van der Waals surface area contributed by atoms with Crippen LogP contribution in [0.1, 0.15) is 35.6 Å². The van der Waals surface area contributed by atoms with Gasteiger partial charge in [0.05, 0.1) is 12.6 Å². The Bertz CT molecular complexity index is 454. The molecule has 1 unspecified atom stereocenters. The third-order valence-electron chi connectivity index (χ3n) is 3.60. The fraction of sp³-hybridized carbons (Fsp3) is 0.500. The molecule has 1 atom stereocenters. The van der Waals surface area contributed by atoms with Crippen LogP contribution in [-0.4, -0.2) is 23.4 Å². The topological polar surface area (TPSA) is 41.6 Å². The highest BCUT2D eigenvalue weighted by Gasteiger charge is 2.38. The summed E-state index contributed by atoms with van der Waals surface area (Å²) in [7, 11) is 0. The van der Waals surface area contributed by atoms with Crippen LogP contribution in [0, 0.1) is 13.8 Å². The Labute approximate surface area is 102 Å². The first-order chi connectivity index (χ1) is 8.15. The lowest BCUT2D eigenvalue weighted by atomic mass is 10.0. The molecule has 1 aliphatic carbocycles. The molecule has 2 N–H and O–H groups in total. The van der Waals surface area contributed by atoms with Gasteiger partial charge in [-0.2, -0.15) is 0 Å². The summed E-state index contributed by atoms with van der Waals surface area (Å²) in [4.78, 5) is 6.73. The number of nitrogens with zero attached hydrogens (tertiary/aromatic N) is 2. The SMILES string of the molecule is Cc1cc(C)cc(C2CN=C(N)N2C2CC2)c1. The molecule has 1 saturated carbocycles. The zero-order valence-electron chi connectivity index (χ0n) is 10.5. The number of nitrogens with two attached hydrogens (primary N) is 1. The van der Waals surface area contributed by atoms with Crippen molar-refractivity contribution in [3.8, 4) is 0 Å². The van der Waals surface area contributed by atoms with Crippen molar-refractivity contribution in [2.75, 3.05) is 6.54 Å². The van der Waals surface area contributed by atoms with Crippen LogP contribution in [0.5, 0.6) is 0 Å². The predicted molar refractivity (Wildman–Crippen MR) is 70.0 cm³/mol. The highest BCUT2D eigenvalue weighted by atomic mass is 15.4. The van der Waals surface area contributed by atoms with Crippen LogP contribution in [0.25, 0.3) is 0 Å². The Balaban J connectivity index is 1.93. The van der Waals surface area contributed by atoms with Gasteiger partial charge in [-0.15, -0.1) is 0 Å². The number of benzene rings is 1. The molecule has 90 valence electrons. The van der Waals surface area contributed by atoms with Crippen molar-refractivity contribution in [3.05, 3.63) is 34.9 Å². The smallest absolute Gasteiger partial charge is 0.192 e. The van der Waals surface area contributed by atoms with Crippen molar-refractivity contribution in [1.82, 2.24) is 4.90 Å². The van der Waals surface area contributed by atoms with Gasteiger partial charge in [-0.1, -0.05) is 29.3 Å². The van der Waals surface area contributed by atoms with E-state index in [4.69, 9.17) is 5.73 Å². The molecule has 0 amide bonds. The number of rotatable bonds is 2. The molecular formula is C14H19N3. The molecular weight excluding hydrogens is 210 g/mol. The lowest BCUT2D eigenvalue weighted by Gasteiger charge is -2.27. The maximum atomic E-state index is 6.00. The molecule has 3 heteroatoms. The normalized spacial score (nSPS) is 24.0. The predicted octanol–water partition coefficient (Wildman–Crippen LogP) is 2.14. The summed E-state index contributed by atoms with van der Waals surface area (Å²) >= 11 is 0. The first-order valence-corrected chi connectivity index (χ1v) is 6.31. The first kappa shape index (κ1) is 10.6. The number of guanidine groups is 1. The summed E-state index contributed by atoms with van der Waals surface area (Å²) in [6, 6.07) is 7.74. The minimum atomic E-state index is 0.362. The third kappa shape index (κ3) is 1.90. The fourth-order valence-corrected chi connectivity index (χ4v) is 2.77. The summed E-state index contributed by atoms with van der Waals surface area (Å²) < 4.78 is 0. The van der Waals surface area contributed by atoms with Crippen molar-refractivity contribution in [1.29, 1.82) is 0 Å². The molecule has 1 heterocycles. The van der Waals surface area contributed by atoms with Gasteiger partial charge < -0.3 is 10.6 Å². The van der Waals surface area contributed by atoms with E-state index in [1.807, 2.05) is 0 Å². The first-order valence-electron chi connectivity index (χ1n) is 6.31. The molecule has 0 saturated heterocycles. The molecule has 0 radical (unpaired) electrons. The Morgan fingerprint density at radius 3 is 2.41 bits per heavy atom. The highest BCUT2D eigenvalue weighted by molar-refractivity contribution is 5.81. The van der Waals surface area contributed by atoms with E-state index in [2.05, 4.69) is 41.9 Å². The second kappa shape index (κ2) is 3.76. The number of hydrogen-bond acceptors (Lipinski definition) is 3. The molecule has 0 spiro atoms. The average molecular weight is 229 g/mol. The van der Waals surface area contributed by atoms with Gasteiger partial charge in [-0.05, 0) is 32.3 Å². The van der Waals surface area contributed by atoms with Crippen molar-refractivity contribution >= 4 is 5.96 Å². The van der Waals surface area contributed by atoms with Gasteiger partial charge in [0.2, 0.25) is 0 Å². The Morgan fingerprint density at radius 2 is 1.82 bits per heavy atom. The minimum absolute atomic E-state index is 0.362. The fourth-order valence-electron chi connectivity index (χ4n) is 2.77. The van der Waals surface area contributed by atoms with Crippen molar-refractivity contribution in [2.24, 2.45) is 10.7 Å². The van der Waals surface area contributed by atoms with Crippen LogP contribution < -0.4 is 5.73 Å². The van der Waals surface area contributed by atoms with Gasteiger partial charge in [0, 0.05) is 6.04 Å². The maximum Gasteiger partial charge on any atom is 0.192 e. The van der Waals surface area contributed by atoms with Gasteiger partial charge >= 0.3 is 0 Å². The Kier molecular flexibility index (Phi) is 2.35. The summed E-state index contributed by atoms with van der Waals surface area (Å²) in [5, 5.41) is 0. The Morgan fingerprint density at radius 1 is 1.18 bits per heavy atom. The molecule has 3 rings (SSSR count). The van der Waals surface area contributed by atoms with Gasteiger partial charge in [0.25, 0.3) is 0 Å². The lowest BCUT2D eigenvalue weighted by molar-refractivity contribution is 0.338. The number of hydrogen-bond donors (Lipinski definition) is 1. The summed E-state index contributed by atoms with van der Waals surface area (Å²) in [6.07, 6.45) is 2.52. The molecule has 1 aromatic rings. The summed E-state index contributed by atoms with van der Waals surface area (Å²) in [6.45, 7) is 5.11. The largest absolute Gasteiger partial charge is 0.370 e. The highest BCUT2D eigenvalue weighted by Crippen LogP contribution is 2.37. The van der Waals surface area contributed by atoms with Crippen LogP contribution in [0.2, 0.25) is 0 Å². The molecule has 1 aromatic carbocycles. The van der Waals surface area contributed by atoms with Gasteiger partial charge in [0.1, 0.15) is 0 Å². The lowest BCUT2D eigenvalue weighted by Crippen LogP contribution is -2.37. The van der Waals surface area contributed by atoms with Crippen LogP contribution >= 0.6 is 0 Å². The molecule has 1 fully saturated rings. The van der Waals surface area contributed by atoms with Gasteiger partial charge in [-0.3, -0.25) is 4.99 Å². The van der Waals surface area contributed by atoms with Gasteiger partial charge in [-0.25, -0.2) is 0 Å².